The van der Waals surface area contributed by atoms with Crippen LogP contribution in [-0.4, -0.2) is 25.6 Å². The molecule has 1 aromatic carbocycles. The first-order chi connectivity index (χ1) is 7.19. The lowest BCUT2D eigenvalue weighted by atomic mass is 10.0. The van der Waals surface area contributed by atoms with Crippen molar-refractivity contribution < 1.29 is 19.4 Å². The van der Waals surface area contributed by atoms with Crippen LogP contribution in [0.2, 0.25) is 0 Å². The number of carbonyl (C=O) groups is 1. The van der Waals surface area contributed by atoms with E-state index in [-0.39, 0.29) is 6.61 Å². The van der Waals surface area contributed by atoms with Gasteiger partial charge in [-0.15, -0.1) is 0 Å². The van der Waals surface area contributed by atoms with E-state index in [1.807, 2.05) is 6.92 Å². The second kappa shape index (κ2) is 4.79. The van der Waals surface area contributed by atoms with E-state index in [9.17, 15) is 9.90 Å². The van der Waals surface area contributed by atoms with E-state index in [0.717, 1.165) is 5.56 Å². The molecule has 4 nitrogen and oxygen atoms in total. The van der Waals surface area contributed by atoms with Crippen LogP contribution in [0.1, 0.15) is 21.5 Å². The molecule has 0 unspecified atom stereocenters. The Morgan fingerprint density at radius 1 is 1.40 bits per heavy atom. The fourth-order valence-electron chi connectivity index (χ4n) is 1.54. The molecule has 0 heterocycles. The minimum atomic E-state index is -0.187. The van der Waals surface area contributed by atoms with Crippen LogP contribution in [0, 0.1) is 6.92 Å². The van der Waals surface area contributed by atoms with E-state index >= 15 is 0 Å². The lowest BCUT2D eigenvalue weighted by molar-refractivity contribution is 0.112. The van der Waals surface area contributed by atoms with Crippen LogP contribution in [0.3, 0.4) is 0 Å². The van der Waals surface area contributed by atoms with Crippen molar-refractivity contribution in [2.75, 3.05) is 14.2 Å². The molecular formula is C11H14O4. The number of aldehydes is 1. The summed E-state index contributed by atoms with van der Waals surface area (Å²) in [6.07, 6.45) is 0.681. The Labute approximate surface area is 88.4 Å². The number of rotatable bonds is 4. The maximum atomic E-state index is 10.8. The largest absolute Gasteiger partial charge is 0.496 e. The summed E-state index contributed by atoms with van der Waals surface area (Å²) in [6.45, 7) is 1.62. The summed E-state index contributed by atoms with van der Waals surface area (Å²) in [7, 11) is 2.98. The van der Waals surface area contributed by atoms with Crippen LogP contribution < -0.4 is 9.47 Å². The molecular weight excluding hydrogens is 196 g/mol. The monoisotopic (exact) mass is 210 g/mol. The van der Waals surface area contributed by atoms with Crippen LogP contribution >= 0.6 is 0 Å². The van der Waals surface area contributed by atoms with Crippen molar-refractivity contribution >= 4 is 6.29 Å². The summed E-state index contributed by atoms with van der Waals surface area (Å²) in [6, 6.07) is 1.60. The molecule has 0 aromatic heterocycles. The first kappa shape index (κ1) is 11.5. The first-order valence-corrected chi connectivity index (χ1v) is 4.50. The van der Waals surface area contributed by atoms with Gasteiger partial charge in [0.2, 0.25) is 0 Å². The zero-order valence-electron chi connectivity index (χ0n) is 9.03. The molecule has 0 aliphatic rings. The number of benzene rings is 1. The SMILES string of the molecule is COc1cc(C=O)c(OC)c(CO)c1C. The Morgan fingerprint density at radius 3 is 2.47 bits per heavy atom. The van der Waals surface area contributed by atoms with Crippen molar-refractivity contribution in [1.82, 2.24) is 0 Å². The number of methoxy groups -OCH3 is 2. The Bertz CT molecular complexity index is 371. The van der Waals surface area contributed by atoms with Gasteiger partial charge in [-0.1, -0.05) is 0 Å². The van der Waals surface area contributed by atoms with Gasteiger partial charge in [-0.2, -0.15) is 0 Å². The van der Waals surface area contributed by atoms with Crippen LogP contribution in [0.5, 0.6) is 11.5 Å². The van der Waals surface area contributed by atoms with Crippen molar-refractivity contribution in [3.63, 3.8) is 0 Å². The summed E-state index contributed by atoms with van der Waals surface area (Å²) in [5.41, 5.74) is 1.74. The molecule has 1 rings (SSSR count). The normalized spacial score (nSPS) is 9.87. The molecule has 4 heteroatoms. The Hall–Kier alpha value is -1.55. The molecule has 0 saturated heterocycles. The molecule has 1 N–H and O–H groups in total. The van der Waals surface area contributed by atoms with Crippen LogP contribution in [0.25, 0.3) is 0 Å². The molecule has 0 spiro atoms. The molecule has 0 fully saturated rings. The van der Waals surface area contributed by atoms with Crippen LogP contribution in [0.15, 0.2) is 6.07 Å². The summed E-state index contributed by atoms with van der Waals surface area (Å²) < 4.78 is 10.2. The fourth-order valence-corrected chi connectivity index (χ4v) is 1.54. The summed E-state index contributed by atoms with van der Waals surface area (Å²) in [5, 5.41) is 9.22. The first-order valence-electron chi connectivity index (χ1n) is 4.50. The van der Waals surface area contributed by atoms with Gasteiger partial charge in [0.25, 0.3) is 0 Å². The molecule has 0 bridgehead atoms. The van der Waals surface area contributed by atoms with E-state index in [1.54, 1.807) is 6.07 Å². The number of aliphatic hydroxyl groups is 1. The molecule has 15 heavy (non-hydrogen) atoms. The Morgan fingerprint density at radius 2 is 2.07 bits per heavy atom. The topological polar surface area (TPSA) is 55.8 Å². The van der Waals surface area contributed by atoms with Crippen molar-refractivity contribution in [2.24, 2.45) is 0 Å². The smallest absolute Gasteiger partial charge is 0.153 e. The van der Waals surface area contributed by atoms with Crippen molar-refractivity contribution in [3.8, 4) is 11.5 Å². The van der Waals surface area contributed by atoms with Gasteiger partial charge < -0.3 is 14.6 Å². The highest BCUT2D eigenvalue weighted by Crippen LogP contribution is 2.32. The zero-order valence-corrected chi connectivity index (χ0v) is 9.03. The predicted molar refractivity (Wildman–Crippen MR) is 55.6 cm³/mol. The quantitative estimate of drug-likeness (QED) is 0.761. The molecule has 0 amide bonds. The van der Waals surface area contributed by atoms with E-state index in [4.69, 9.17) is 9.47 Å². The van der Waals surface area contributed by atoms with Gasteiger partial charge in [-0.25, -0.2) is 0 Å². The van der Waals surface area contributed by atoms with Crippen molar-refractivity contribution in [3.05, 3.63) is 22.8 Å². The maximum absolute atomic E-state index is 10.8. The maximum Gasteiger partial charge on any atom is 0.153 e. The van der Waals surface area contributed by atoms with E-state index in [1.165, 1.54) is 14.2 Å². The average Bonchev–Trinajstić information content (AvgIpc) is 2.28. The van der Waals surface area contributed by atoms with Gasteiger partial charge >= 0.3 is 0 Å². The van der Waals surface area contributed by atoms with Gasteiger partial charge in [0.05, 0.1) is 26.4 Å². The van der Waals surface area contributed by atoms with Gasteiger partial charge in [0, 0.05) is 11.1 Å². The number of aliphatic hydroxyl groups excluding tert-OH is 1. The van der Waals surface area contributed by atoms with Crippen molar-refractivity contribution in [2.45, 2.75) is 13.5 Å². The minimum Gasteiger partial charge on any atom is -0.496 e. The Balaban J connectivity index is 3.49. The van der Waals surface area contributed by atoms with Crippen LogP contribution in [0.4, 0.5) is 0 Å². The number of carbonyl (C=O) groups excluding carboxylic acids is 1. The second-order valence-electron chi connectivity index (χ2n) is 3.08. The third-order valence-corrected chi connectivity index (χ3v) is 2.35. The molecule has 0 aliphatic heterocycles. The summed E-state index contributed by atoms with van der Waals surface area (Å²) in [4.78, 5) is 10.8. The lowest BCUT2D eigenvalue weighted by Crippen LogP contribution is -2.02. The molecule has 0 atom stereocenters. The van der Waals surface area contributed by atoms with Gasteiger partial charge in [0.15, 0.2) is 6.29 Å². The number of ether oxygens (including phenoxy) is 2. The summed E-state index contributed by atoms with van der Waals surface area (Å²) in [5.74, 6) is 0.979. The summed E-state index contributed by atoms with van der Waals surface area (Å²) >= 11 is 0. The van der Waals surface area contributed by atoms with E-state index < -0.39 is 0 Å². The zero-order chi connectivity index (χ0) is 11.4. The van der Waals surface area contributed by atoms with Gasteiger partial charge in [-0.3, -0.25) is 4.79 Å². The average molecular weight is 210 g/mol. The van der Waals surface area contributed by atoms with Crippen molar-refractivity contribution in [1.29, 1.82) is 0 Å². The Kier molecular flexibility index (Phi) is 3.68. The standard InChI is InChI=1S/C11H14O4/c1-7-9(6-13)11(15-3)8(5-12)4-10(7)14-2/h4-5,13H,6H2,1-3H3. The highest BCUT2D eigenvalue weighted by atomic mass is 16.5. The third-order valence-electron chi connectivity index (χ3n) is 2.35. The molecule has 0 saturated carbocycles. The highest BCUT2D eigenvalue weighted by Gasteiger charge is 2.15. The molecule has 82 valence electrons. The number of hydrogen-bond donors (Lipinski definition) is 1. The minimum absolute atomic E-state index is 0.187. The molecule has 1 aromatic rings. The fraction of sp³-hybridized carbons (Fsp3) is 0.364. The predicted octanol–water partition coefficient (Wildman–Crippen LogP) is 1.32. The molecule has 0 aliphatic carbocycles. The molecule has 0 radical (unpaired) electrons. The lowest BCUT2D eigenvalue weighted by Gasteiger charge is -2.15. The third kappa shape index (κ3) is 1.94. The number of hydrogen-bond acceptors (Lipinski definition) is 4. The van der Waals surface area contributed by atoms with Gasteiger partial charge in [-0.05, 0) is 13.0 Å². The van der Waals surface area contributed by atoms with Gasteiger partial charge in [0.1, 0.15) is 11.5 Å². The van der Waals surface area contributed by atoms with Crippen LogP contribution in [-0.2, 0) is 6.61 Å². The highest BCUT2D eigenvalue weighted by molar-refractivity contribution is 5.82. The van der Waals surface area contributed by atoms with E-state index in [2.05, 4.69) is 0 Å². The second-order valence-corrected chi connectivity index (χ2v) is 3.08. The van der Waals surface area contributed by atoms with E-state index in [0.29, 0.717) is 28.9 Å².